The Labute approximate surface area is 131 Å². The minimum atomic E-state index is -0.223. The first kappa shape index (κ1) is 16.7. The number of rotatable bonds is 5. The predicted octanol–water partition coefficient (Wildman–Crippen LogP) is 2.69. The third-order valence-corrected chi connectivity index (χ3v) is 4.33. The van der Waals surface area contributed by atoms with Gasteiger partial charge in [0.25, 0.3) is 0 Å². The van der Waals surface area contributed by atoms with Crippen LogP contribution in [0.15, 0.2) is 18.2 Å². The van der Waals surface area contributed by atoms with E-state index in [1.165, 1.54) is 0 Å². The number of hydrogen-bond acceptors (Lipinski definition) is 3. The fourth-order valence-electron chi connectivity index (χ4n) is 2.92. The number of Topliss-reactive ketones (excluding diaryl/α,β-unsaturated/α-hetero) is 1. The lowest BCUT2D eigenvalue weighted by Crippen LogP contribution is -2.38. The summed E-state index contributed by atoms with van der Waals surface area (Å²) in [6.07, 6.45) is 3.37. The van der Waals surface area contributed by atoms with Gasteiger partial charge in [0.1, 0.15) is 0 Å². The highest BCUT2D eigenvalue weighted by Gasteiger charge is 2.21. The molecule has 0 saturated heterocycles. The average Bonchev–Trinajstić information content (AvgIpc) is 2.49. The summed E-state index contributed by atoms with van der Waals surface area (Å²) in [4.78, 5) is 24.2. The molecule has 1 aliphatic carbocycles. The van der Waals surface area contributed by atoms with Gasteiger partial charge in [-0.05, 0) is 51.2 Å². The van der Waals surface area contributed by atoms with E-state index in [4.69, 9.17) is 0 Å². The first-order chi connectivity index (χ1) is 10.5. The van der Waals surface area contributed by atoms with E-state index >= 15 is 0 Å². The quantitative estimate of drug-likeness (QED) is 0.822. The molecule has 4 heteroatoms. The van der Waals surface area contributed by atoms with Gasteiger partial charge in [0.15, 0.2) is 5.78 Å². The molecule has 0 aliphatic heterocycles. The second-order valence-corrected chi connectivity index (χ2v) is 6.31. The molecular weight excluding hydrogens is 278 g/mol. The van der Waals surface area contributed by atoms with Gasteiger partial charge >= 0.3 is 0 Å². The van der Waals surface area contributed by atoms with Crippen LogP contribution in [0.4, 0.5) is 0 Å². The molecule has 0 heterocycles. The monoisotopic (exact) mass is 303 g/mol. The summed E-state index contributed by atoms with van der Waals surface area (Å²) >= 11 is 0. The fraction of sp³-hybridized carbons (Fsp3) is 0.556. The highest BCUT2D eigenvalue weighted by molar-refractivity contribution is 5.99. The molecule has 0 unspecified atom stereocenters. The molecule has 2 N–H and O–H groups in total. The van der Waals surface area contributed by atoms with E-state index in [0.717, 1.165) is 36.8 Å². The Bertz CT molecular complexity index is 545. The van der Waals surface area contributed by atoms with E-state index in [0.29, 0.717) is 5.56 Å². The third kappa shape index (κ3) is 4.67. The van der Waals surface area contributed by atoms with Gasteiger partial charge in [-0.1, -0.05) is 17.7 Å². The molecule has 1 aliphatic rings. The van der Waals surface area contributed by atoms with Crippen molar-refractivity contribution in [2.45, 2.75) is 64.5 Å². The molecular formula is C18H25NO3. The molecule has 0 spiro atoms. The van der Waals surface area contributed by atoms with Crippen LogP contribution in [0.2, 0.25) is 0 Å². The van der Waals surface area contributed by atoms with E-state index in [-0.39, 0.29) is 36.7 Å². The summed E-state index contributed by atoms with van der Waals surface area (Å²) < 4.78 is 0. The van der Waals surface area contributed by atoms with Crippen molar-refractivity contribution in [2.24, 2.45) is 0 Å². The molecule has 2 rings (SSSR count). The van der Waals surface area contributed by atoms with Crippen LogP contribution in [0.5, 0.6) is 0 Å². The van der Waals surface area contributed by atoms with Crippen molar-refractivity contribution in [3.05, 3.63) is 34.9 Å². The van der Waals surface area contributed by atoms with Crippen molar-refractivity contribution in [2.75, 3.05) is 0 Å². The molecule has 0 radical (unpaired) electrons. The number of aryl methyl sites for hydroxylation is 2. The van der Waals surface area contributed by atoms with E-state index < -0.39 is 0 Å². The minimum absolute atomic E-state index is 0.0235. The third-order valence-electron chi connectivity index (χ3n) is 4.33. The van der Waals surface area contributed by atoms with Gasteiger partial charge < -0.3 is 10.4 Å². The fourth-order valence-corrected chi connectivity index (χ4v) is 2.92. The largest absolute Gasteiger partial charge is 0.393 e. The van der Waals surface area contributed by atoms with Crippen LogP contribution in [-0.4, -0.2) is 28.9 Å². The molecule has 1 aromatic rings. The molecule has 0 bridgehead atoms. The maximum atomic E-state index is 12.2. The molecule has 0 aromatic heterocycles. The standard InChI is InChI=1S/C18H25NO3/c1-12-3-4-13(2)16(11-12)17(21)9-10-18(22)19-14-5-7-15(20)8-6-14/h3-4,11,14-15,20H,5-10H2,1-2H3,(H,19,22). The molecule has 1 amide bonds. The summed E-state index contributed by atoms with van der Waals surface area (Å²) in [5.74, 6) is -0.0459. The summed E-state index contributed by atoms with van der Waals surface area (Å²) in [5, 5.41) is 12.4. The minimum Gasteiger partial charge on any atom is -0.393 e. The Morgan fingerprint density at radius 2 is 1.82 bits per heavy atom. The highest BCUT2D eigenvalue weighted by Crippen LogP contribution is 2.19. The van der Waals surface area contributed by atoms with Crippen molar-refractivity contribution in [1.29, 1.82) is 0 Å². The van der Waals surface area contributed by atoms with E-state index in [1.807, 2.05) is 32.0 Å². The van der Waals surface area contributed by atoms with Gasteiger partial charge in [-0.2, -0.15) is 0 Å². The Morgan fingerprint density at radius 3 is 2.50 bits per heavy atom. The van der Waals surface area contributed by atoms with Crippen molar-refractivity contribution < 1.29 is 14.7 Å². The lowest BCUT2D eigenvalue weighted by atomic mass is 9.93. The number of ketones is 1. The molecule has 0 atom stereocenters. The van der Waals surface area contributed by atoms with E-state index in [1.54, 1.807) is 0 Å². The van der Waals surface area contributed by atoms with Crippen LogP contribution in [0.3, 0.4) is 0 Å². The molecule has 1 aromatic carbocycles. The van der Waals surface area contributed by atoms with Crippen molar-refractivity contribution in [3.8, 4) is 0 Å². The second-order valence-electron chi connectivity index (χ2n) is 6.31. The normalized spacial score (nSPS) is 21.4. The highest BCUT2D eigenvalue weighted by atomic mass is 16.3. The molecule has 1 fully saturated rings. The number of nitrogens with one attached hydrogen (secondary N) is 1. The van der Waals surface area contributed by atoms with Gasteiger partial charge in [-0.3, -0.25) is 9.59 Å². The number of aliphatic hydroxyl groups is 1. The zero-order valence-corrected chi connectivity index (χ0v) is 13.4. The van der Waals surface area contributed by atoms with Crippen molar-refractivity contribution >= 4 is 11.7 Å². The molecule has 120 valence electrons. The molecule has 1 saturated carbocycles. The van der Waals surface area contributed by atoms with Crippen LogP contribution >= 0.6 is 0 Å². The molecule has 4 nitrogen and oxygen atoms in total. The van der Waals surface area contributed by atoms with Gasteiger partial charge in [0.2, 0.25) is 5.91 Å². The van der Waals surface area contributed by atoms with Crippen LogP contribution in [0.25, 0.3) is 0 Å². The van der Waals surface area contributed by atoms with Gasteiger partial charge in [0.05, 0.1) is 6.10 Å². The Balaban J connectivity index is 1.80. The van der Waals surface area contributed by atoms with Crippen molar-refractivity contribution in [3.63, 3.8) is 0 Å². The Morgan fingerprint density at radius 1 is 1.14 bits per heavy atom. The lowest BCUT2D eigenvalue weighted by molar-refractivity contribution is -0.122. The molecule has 22 heavy (non-hydrogen) atoms. The number of benzene rings is 1. The summed E-state index contributed by atoms with van der Waals surface area (Å²) in [6, 6.07) is 5.96. The topological polar surface area (TPSA) is 66.4 Å². The zero-order chi connectivity index (χ0) is 16.1. The lowest BCUT2D eigenvalue weighted by Gasteiger charge is -2.26. The van der Waals surface area contributed by atoms with Crippen LogP contribution in [0, 0.1) is 13.8 Å². The number of carbonyl (C=O) groups is 2. The smallest absolute Gasteiger partial charge is 0.220 e. The number of amides is 1. The van der Waals surface area contributed by atoms with Crippen LogP contribution < -0.4 is 5.32 Å². The first-order valence-corrected chi connectivity index (χ1v) is 8.03. The zero-order valence-electron chi connectivity index (χ0n) is 13.4. The van der Waals surface area contributed by atoms with Crippen LogP contribution in [0.1, 0.15) is 60.0 Å². The van der Waals surface area contributed by atoms with Gasteiger partial charge in [-0.15, -0.1) is 0 Å². The first-order valence-electron chi connectivity index (χ1n) is 8.03. The van der Waals surface area contributed by atoms with E-state index in [2.05, 4.69) is 5.32 Å². The van der Waals surface area contributed by atoms with E-state index in [9.17, 15) is 14.7 Å². The van der Waals surface area contributed by atoms with Crippen LogP contribution in [-0.2, 0) is 4.79 Å². The predicted molar refractivity (Wildman–Crippen MR) is 85.9 cm³/mol. The number of aliphatic hydroxyl groups excluding tert-OH is 1. The summed E-state index contributed by atoms with van der Waals surface area (Å²) in [7, 11) is 0. The Kier molecular flexibility index (Phi) is 5.72. The summed E-state index contributed by atoms with van der Waals surface area (Å²) in [6.45, 7) is 3.88. The van der Waals surface area contributed by atoms with Gasteiger partial charge in [0, 0.05) is 24.4 Å². The summed E-state index contributed by atoms with van der Waals surface area (Å²) in [5.41, 5.74) is 2.73. The van der Waals surface area contributed by atoms with Crippen molar-refractivity contribution in [1.82, 2.24) is 5.32 Å². The maximum Gasteiger partial charge on any atom is 0.220 e. The number of carbonyl (C=O) groups excluding carboxylic acids is 2. The maximum absolute atomic E-state index is 12.2. The number of hydrogen-bond donors (Lipinski definition) is 2. The SMILES string of the molecule is Cc1ccc(C)c(C(=O)CCC(=O)NC2CCC(O)CC2)c1. The average molecular weight is 303 g/mol. The second kappa shape index (κ2) is 7.54. The Hall–Kier alpha value is -1.68. The van der Waals surface area contributed by atoms with Gasteiger partial charge in [-0.25, -0.2) is 0 Å².